The average Bonchev–Trinajstić information content (AvgIpc) is 3.00. The predicted octanol–water partition coefficient (Wildman–Crippen LogP) is 3.97. The van der Waals surface area contributed by atoms with E-state index in [1.54, 1.807) is 6.08 Å². The Morgan fingerprint density at radius 2 is 2.04 bits per heavy atom. The van der Waals surface area contributed by atoms with Crippen LogP contribution in [-0.2, 0) is 4.79 Å². The number of anilines is 1. The highest BCUT2D eigenvalue weighted by atomic mass is 35.5. The molecule has 0 bridgehead atoms. The van der Waals surface area contributed by atoms with Gasteiger partial charge in [0.15, 0.2) is 5.15 Å². The molecule has 0 unspecified atom stereocenters. The van der Waals surface area contributed by atoms with Crippen LogP contribution in [-0.4, -0.2) is 47.4 Å². The molecular weight excluding hydrogens is 376 g/mol. The van der Waals surface area contributed by atoms with Crippen LogP contribution < -0.4 is 10.1 Å². The molecule has 28 heavy (non-hydrogen) atoms. The first-order valence-electron chi connectivity index (χ1n) is 9.02. The third kappa shape index (κ3) is 5.34. The number of carbonyl (C=O) groups is 1. The Kier molecular flexibility index (Phi) is 6.68. The van der Waals surface area contributed by atoms with Crippen LogP contribution in [0.2, 0.25) is 5.15 Å². The number of ether oxygens (including phenoxy) is 1. The molecule has 2 heterocycles. The van der Waals surface area contributed by atoms with E-state index in [1.165, 1.54) is 6.08 Å². The summed E-state index contributed by atoms with van der Waals surface area (Å²) in [7, 11) is 4.07. The maximum absolute atomic E-state index is 12.2. The minimum absolute atomic E-state index is 0.249. The molecule has 1 N–H and O–H groups in total. The maximum atomic E-state index is 12.2. The minimum Gasteiger partial charge on any atom is -0.494 e. The highest BCUT2D eigenvalue weighted by Crippen LogP contribution is 2.19. The molecule has 0 aliphatic heterocycles. The van der Waals surface area contributed by atoms with Crippen LogP contribution in [0.4, 0.5) is 5.69 Å². The minimum atomic E-state index is -0.249. The summed E-state index contributed by atoms with van der Waals surface area (Å²) in [6, 6.07) is 12.9. The average molecular weight is 399 g/mol. The number of nitrogens with zero attached hydrogens (tertiary/aromatic N) is 3. The number of hydrogen-bond acceptors (Lipinski definition) is 4. The number of amides is 1. The van der Waals surface area contributed by atoms with Gasteiger partial charge in [0.05, 0.1) is 12.3 Å². The molecule has 0 aliphatic rings. The summed E-state index contributed by atoms with van der Waals surface area (Å²) < 4.78 is 7.52. The monoisotopic (exact) mass is 398 g/mol. The predicted molar refractivity (Wildman–Crippen MR) is 113 cm³/mol. The van der Waals surface area contributed by atoms with Gasteiger partial charge in [0.2, 0.25) is 5.91 Å². The smallest absolute Gasteiger partial charge is 0.248 e. The fourth-order valence-corrected chi connectivity index (χ4v) is 2.92. The van der Waals surface area contributed by atoms with Crippen LogP contribution in [0.25, 0.3) is 11.7 Å². The van der Waals surface area contributed by atoms with Crippen molar-refractivity contribution in [2.45, 2.75) is 6.42 Å². The van der Waals surface area contributed by atoms with E-state index >= 15 is 0 Å². The van der Waals surface area contributed by atoms with Crippen molar-refractivity contribution in [2.24, 2.45) is 0 Å². The van der Waals surface area contributed by atoms with Gasteiger partial charge in [0.25, 0.3) is 0 Å². The first-order chi connectivity index (χ1) is 13.5. The molecule has 0 aliphatic carbocycles. The summed E-state index contributed by atoms with van der Waals surface area (Å²) in [6.07, 6.45) is 5.90. The zero-order valence-corrected chi connectivity index (χ0v) is 16.7. The van der Waals surface area contributed by atoms with Crippen molar-refractivity contribution in [3.63, 3.8) is 0 Å². The SMILES string of the molecule is CN(C)CCCOc1ccc(NC(=O)/C=C/c2c(Cl)nc3ccccn23)cc1. The lowest BCUT2D eigenvalue weighted by Gasteiger charge is -2.10. The second-order valence-corrected chi connectivity index (χ2v) is 6.93. The van der Waals surface area contributed by atoms with Crippen LogP contribution in [0.5, 0.6) is 5.75 Å². The number of rotatable bonds is 8. The summed E-state index contributed by atoms with van der Waals surface area (Å²) in [4.78, 5) is 18.6. The topological polar surface area (TPSA) is 58.9 Å². The Bertz CT molecular complexity index is 964. The first kappa shape index (κ1) is 19.9. The quantitative estimate of drug-likeness (QED) is 0.460. The van der Waals surface area contributed by atoms with Crippen molar-refractivity contribution in [1.29, 1.82) is 0 Å². The molecule has 0 saturated heterocycles. The van der Waals surface area contributed by atoms with Crippen LogP contribution in [0.1, 0.15) is 12.1 Å². The van der Waals surface area contributed by atoms with Gasteiger partial charge in [-0.25, -0.2) is 4.98 Å². The van der Waals surface area contributed by atoms with Gasteiger partial charge >= 0.3 is 0 Å². The van der Waals surface area contributed by atoms with Crippen LogP contribution in [0.15, 0.2) is 54.7 Å². The number of nitrogens with one attached hydrogen (secondary N) is 1. The van der Waals surface area contributed by atoms with Crippen LogP contribution >= 0.6 is 11.6 Å². The second-order valence-electron chi connectivity index (χ2n) is 6.57. The van der Waals surface area contributed by atoms with E-state index in [0.717, 1.165) is 24.4 Å². The number of hydrogen-bond donors (Lipinski definition) is 1. The molecule has 0 saturated carbocycles. The summed E-state index contributed by atoms with van der Waals surface area (Å²) in [5.41, 5.74) is 2.09. The zero-order valence-electron chi connectivity index (χ0n) is 15.9. The Labute approximate surface area is 169 Å². The molecule has 7 heteroatoms. The maximum Gasteiger partial charge on any atom is 0.248 e. The number of pyridine rings is 1. The Hall–Kier alpha value is -2.83. The molecule has 0 spiro atoms. The van der Waals surface area contributed by atoms with E-state index in [1.807, 2.05) is 67.2 Å². The second kappa shape index (κ2) is 9.39. The fraction of sp³-hybridized carbons (Fsp3) is 0.238. The van der Waals surface area contributed by atoms with Gasteiger partial charge in [-0.1, -0.05) is 17.7 Å². The van der Waals surface area contributed by atoms with Crippen molar-refractivity contribution < 1.29 is 9.53 Å². The molecule has 1 aromatic carbocycles. The van der Waals surface area contributed by atoms with Crippen molar-refractivity contribution >= 4 is 34.9 Å². The van der Waals surface area contributed by atoms with Gasteiger partial charge in [-0.05, 0) is 63.0 Å². The van der Waals surface area contributed by atoms with E-state index in [0.29, 0.717) is 23.1 Å². The summed E-state index contributed by atoms with van der Waals surface area (Å²) in [5, 5.41) is 3.17. The number of halogens is 1. The third-order valence-electron chi connectivity index (χ3n) is 4.05. The summed E-state index contributed by atoms with van der Waals surface area (Å²) in [5.74, 6) is 0.534. The summed E-state index contributed by atoms with van der Waals surface area (Å²) >= 11 is 6.17. The number of carbonyl (C=O) groups excluding carboxylic acids is 1. The normalized spacial score (nSPS) is 11.4. The molecule has 0 fully saturated rings. The highest BCUT2D eigenvalue weighted by Gasteiger charge is 2.07. The number of fused-ring (bicyclic) bond motifs is 1. The van der Waals surface area contributed by atoms with Gasteiger partial charge < -0.3 is 15.0 Å². The lowest BCUT2D eigenvalue weighted by Crippen LogP contribution is -2.15. The molecule has 146 valence electrons. The molecule has 6 nitrogen and oxygen atoms in total. The standard InChI is InChI=1S/C21H23ClN4O2/c1-25(2)13-5-15-28-17-9-7-16(8-10-17)23-20(27)12-11-18-21(22)24-19-6-3-4-14-26(18)19/h3-4,6-12,14H,5,13,15H2,1-2H3,(H,23,27)/b12-11+. The van der Waals surface area contributed by atoms with Crippen LogP contribution in [0, 0.1) is 0 Å². The number of benzene rings is 1. The van der Waals surface area contributed by atoms with Crippen LogP contribution in [0.3, 0.4) is 0 Å². The van der Waals surface area contributed by atoms with Crippen molar-refractivity contribution in [3.05, 3.63) is 65.6 Å². The molecular formula is C21H23ClN4O2. The summed E-state index contributed by atoms with van der Waals surface area (Å²) in [6.45, 7) is 1.64. The van der Waals surface area contributed by atoms with Gasteiger partial charge in [-0.3, -0.25) is 9.20 Å². The first-order valence-corrected chi connectivity index (χ1v) is 9.40. The van der Waals surface area contributed by atoms with E-state index in [4.69, 9.17) is 16.3 Å². The zero-order chi connectivity index (χ0) is 19.9. The molecule has 0 atom stereocenters. The van der Waals surface area contributed by atoms with Crippen molar-refractivity contribution in [1.82, 2.24) is 14.3 Å². The molecule has 2 aromatic heterocycles. The van der Waals surface area contributed by atoms with Crippen molar-refractivity contribution in [3.8, 4) is 5.75 Å². The largest absolute Gasteiger partial charge is 0.494 e. The Balaban J connectivity index is 1.56. The van der Waals surface area contributed by atoms with E-state index in [9.17, 15) is 4.79 Å². The van der Waals surface area contributed by atoms with Gasteiger partial charge in [-0.15, -0.1) is 0 Å². The Morgan fingerprint density at radius 1 is 1.25 bits per heavy atom. The van der Waals surface area contributed by atoms with Gasteiger partial charge in [0.1, 0.15) is 11.4 Å². The molecule has 1 amide bonds. The third-order valence-corrected chi connectivity index (χ3v) is 4.33. The molecule has 3 aromatic rings. The number of aromatic nitrogens is 2. The van der Waals surface area contributed by atoms with E-state index in [2.05, 4.69) is 15.2 Å². The number of imidazole rings is 1. The van der Waals surface area contributed by atoms with E-state index in [-0.39, 0.29) is 5.91 Å². The van der Waals surface area contributed by atoms with E-state index < -0.39 is 0 Å². The lowest BCUT2D eigenvalue weighted by atomic mass is 10.3. The lowest BCUT2D eigenvalue weighted by molar-refractivity contribution is -0.111. The molecule has 3 rings (SSSR count). The molecule has 0 radical (unpaired) electrons. The highest BCUT2D eigenvalue weighted by molar-refractivity contribution is 6.31. The Morgan fingerprint density at radius 3 is 2.79 bits per heavy atom. The van der Waals surface area contributed by atoms with Crippen molar-refractivity contribution in [2.75, 3.05) is 32.6 Å². The van der Waals surface area contributed by atoms with Gasteiger partial charge in [-0.2, -0.15) is 0 Å². The van der Waals surface area contributed by atoms with Gasteiger partial charge in [0, 0.05) is 24.5 Å². The fourth-order valence-electron chi connectivity index (χ4n) is 2.68.